The summed E-state index contributed by atoms with van der Waals surface area (Å²) < 4.78 is 0. The van der Waals surface area contributed by atoms with E-state index in [4.69, 9.17) is 0 Å². The zero-order chi connectivity index (χ0) is 11.4. The highest BCUT2D eigenvalue weighted by molar-refractivity contribution is 5.96. The van der Waals surface area contributed by atoms with Crippen molar-refractivity contribution in [2.45, 2.75) is 13.8 Å². The van der Waals surface area contributed by atoms with E-state index in [2.05, 4.69) is 47.4 Å². The average Bonchev–Trinajstić information content (AvgIpc) is 2.38. The van der Waals surface area contributed by atoms with Crippen LogP contribution in [0.1, 0.15) is 13.8 Å². The summed E-state index contributed by atoms with van der Waals surface area (Å²) in [6.07, 6.45) is 1.83. The summed E-state index contributed by atoms with van der Waals surface area (Å²) in [6.45, 7) is 4.00. The second kappa shape index (κ2) is 4.75. The smallest absolute Gasteiger partial charge is 0.0708 e. The quantitative estimate of drug-likeness (QED) is 0.499. The Bertz CT molecular complexity index is 494. The van der Waals surface area contributed by atoms with E-state index in [1.54, 1.807) is 0 Å². The van der Waals surface area contributed by atoms with Gasteiger partial charge >= 0.3 is 0 Å². The van der Waals surface area contributed by atoms with Gasteiger partial charge in [-0.05, 0) is 29.0 Å². The maximum Gasteiger partial charge on any atom is 0.0708 e. The molecule has 0 atom stereocenters. The summed E-state index contributed by atoms with van der Waals surface area (Å²) in [5.74, 6) is 0. The number of nitrogens with zero attached hydrogens (tertiary/aromatic N) is 1. The number of hydrogen-bond donors (Lipinski definition) is 0. The first-order chi connectivity index (χ1) is 7.93. The number of fused-ring (bicyclic) bond motifs is 2. The van der Waals surface area contributed by atoms with Gasteiger partial charge in [0.25, 0.3) is 0 Å². The van der Waals surface area contributed by atoms with Gasteiger partial charge in [0.1, 0.15) is 0 Å². The van der Waals surface area contributed by atoms with Gasteiger partial charge in [0, 0.05) is 11.6 Å². The second-order valence-corrected chi connectivity index (χ2v) is 3.40. The van der Waals surface area contributed by atoms with Crippen molar-refractivity contribution in [1.29, 1.82) is 0 Å². The van der Waals surface area contributed by atoms with E-state index in [-0.39, 0.29) is 0 Å². The van der Waals surface area contributed by atoms with E-state index in [0.717, 1.165) is 5.52 Å². The van der Waals surface area contributed by atoms with E-state index in [0.29, 0.717) is 0 Å². The molecule has 1 heteroatoms. The van der Waals surface area contributed by atoms with Gasteiger partial charge in [0.2, 0.25) is 0 Å². The summed E-state index contributed by atoms with van der Waals surface area (Å²) in [7, 11) is 0. The van der Waals surface area contributed by atoms with Gasteiger partial charge in [0.05, 0.1) is 5.52 Å². The van der Waals surface area contributed by atoms with Gasteiger partial charge in [-0.25, -0.2) is 0 Å². The third-order valence-corrected chi connectivity index (χ3v) is 2.47. The molecule has 0 fully saturated rings. The molecule has 3 rings (SSSR count). The Labute approximate surface area is 95.8 Å². The molecule has 1 nitrogen and oxygen atoms in total. The van der Waals surface area contributed by atoms with E-state index >= 15 is 0 Å². The number of benzene rings is 2. The second-order valence-electron chi connectivity index (χ2n) is 3.40. The van der Waals surface area contributed by atoms with Crippen LogP contribution in [0.15, 0.2) is 54.7 Å². The summed E-state index contributed by atoms with van der Waals surface area (Å²) in [4.78, 5) is 4.33. The highest BCUT2D eigenvalue weighted by Gasteiger charge is 1.96. The van der Waals surface area contributed by atoms with Crippen LogP contribution in [0.25, 0.3) is 21.7 Å². The molecule has 1 heterocycles. The molecule has 0 aliphatic rings. The summed E-state index contributed by atoms with van der Waals surface area (Å²) >= 11 is 0. The van der Waals surface area contributed by atoms with Crippen molar-refractivity contribution in [3.63, 3.8) is 0 Å². The molecular weight excluding hydrogens is 194 g/mol. The van der Waals surface area contributed by atoms with E-state index in [1.165, 1.54) is 16.2 Å². The van der Waals surface area contributed by atoms with E-state index in [9.17, 15) is 0 Å². The lowest BCUT2D eigenvalue weighted by molar-refractivity contribution is 1.42. The fourth-order valence-electron chi connectivity index (χ4n) is 1.76. The van der Waals surface area contributed by atoms with E-state index in [1.807, 2.05) is 26.1 Å². The van der Waals surface area contributed by atoms with Crippen molar-refractivity contribution >= 4 is 21.7 Å². The van der Waals surface area contributed by atoms with Crippen molar-refractivity contribution < 1.29 is 0 Å². The van der Waals surface area contributed by atoms with Gasteiger partial charge in [-0.15, -0.1) is 0 Å². The lowest BCUT2D eigenvalue weighted by Crippen LogP contribution is -1.78. The molecule has 0 aliphatic carbocycles. The van der Waals surface area contributed by atoms with Gasteiger partial charge in [-0.3, -0.25) is 4.98 Å². The molecule has 0 radical (unpaired) electrons. The number of pyridine rings is 1. The van der Waals surface area contributed by atoms with Crippen molar-refractivity contribution in [2.75, 3.05) is 0 Å². The molecule has 0 saturated heterocycles. The summed E-state index contributed by atoms with van der Waals surface area (Å²) in [5.41, 5.74) is 1.06. The first-order valence-electron chi connectivity index (χ1n) is 5.67. The molecule has 0 spiro atoms. The molecule has 0 bridgehead atoms. The van der Waals surface area contributed by atoms with Crippen LogP contribution in [0, 0.1) is 0 Å². The number of hydrogen-bond acceptors (Lipinski definition) is 1. The molecule has 16 heavy (non-hydrogen) atoms. The van der Waals surface area contributed by atoms with Crippen LogP contribution >= 0.6 is 0 Å². The molecule has 0 amide bonds. The zero-order valence-corrected chi connectivity index (χ0v) is 9.64. The molecule has 2 aromatic carbocycles. The monoisotopic (exact) mass is 209 g/mol. The van der Waals surface area contributed by atoms with Crippen LogP contribution in [-0.4, -0.2) is 4.98 Å². The van der Waals surface area contributed by atoms with Crippen LogP contribution in [0.5, 0.6) is 0 Å². The molecule has 0 N–H and O–H groups in total. The first-order valence-corrected chi connectivity index (χ1v) is 5.67. The molecule has 0 unspecified atom stereocenters. The predicted molar refractivity (Wildman–Crippen MR) is 70.6 cm³/mol. The summed E-state index contributed by atoms with van der Waals surface area (Å²) in [5, 5.41) is 3.72. The number of rotatable bonds is 0. The molecular formula is C15H15N. The highest BCUT2D eigenvalue weighted by atomic mass is 14.6. The topological polar surface area (TPSA) is 12.9 Å². The first kappa shape index (κ1) is 10.6. The van der Waals surface area contributed by atoms with Crippen molar-refractivity contribution in [2.24, 2.45) is 0 Å². The molecule has 80 valence electrons. The Morgan fingerprint density at radius 2 is 1.38 bits per heavy atom. The van der Waals surface area contributed by atoms with Crippen molar-refractivity contribution in [3.8, 4) is 0 Å². The van der Waals surface area contributed by atoms with Gasteiger partial charge in [-0.1, -0.05) is 44.2 Å². The maximum absolute atomic E-state index is 4.33. The Morgan fingerprint density at radius 3 is 2.12 bits per heavy atom. The largest absolute Gasteiger partial charge is 0.256 e. The highest BCUT2D eigenvalue weighted by Crippen LogP contribution is 2.20. The van der Waals surface area contributed by atoms with Crippen molar-refractivity contribution in [1.82, 2.24) is 4.98 Å². The van der Waals surface area contributed by atoms with Crippen LogP contribution in [0.4, 0.5) is 0 Å². The normalized spacial score (nSPS) is 9.88. The lowest BCUT2D eigenvalue weighted by atomic mass is 10.1. The lowest BCUT2D eigenvalue weighted by Gasteiger charge is -2.00. The predicted octanol–water partition coefficient (Wildman–Crippen LogP) is 4.41. The summed E-state index contributed by atoms with van der Waals surface area (Å²) in [6, 6.07) is 16.7. The minimum atomic E-state index is 1.06. The standard InChI is InChI=1S/C13H9N.C2H6/c1-2-5-11-9-13-12(6-3-7-14-13)8-10(11)4-1;1-2/h1-9H;1-2H3. The van der Waals surface area contributed by atoms with Crippen LogP contribution < -0.4 is 0 Å². The maximum atomic E-state index is 4.33. The van der Waals surface area contributed by atoms with E-state index < -0.39 is 0 Å². The van der Waals surface area contributed by atoms with Crippen LogP contribution in [0.3, 0.4) is 0 Å². The molecule has 1 aromatic heterocycles. The van der Waals surface area contributed by atoms with Gasteiger partial charge in [0.15, 0.2) is 0 Å². The average molecular weight is 209 g/mol. The van der Waals surface area contributed by atoms with Gasteiger partial charge in [-0.2, -0.15) is 0 Å². The molecule has 0 aliphatic heterocycles. The minimum absolute atomic E-state index is 1.06. The fraction of sp³-hybridized carbons (Fsp3) is 0.133. The minimum Gasteiger partial charge on any atom is -0.256 e. The molecule has 3 aromatic rings. The molecule has 0 saturated carbocycles. The Morgan fingerprint density at radius 1 is 0.750 bits per heavy atom. The van der Waals surface area contributed by atoms with Crippen LogP contribution in [-0.2, 0) is 0 Å². The fourth-order valence-corrected chi connectivity index (χ4v) is 1.76. The third kappa shape index (κ3) is 1.89. The Kier molecular flexibility index (Phi) is 3.16. The zero-order valence-electron chi connectivity index (χ0n) is 9.64. The Hall–Kier alpha value is -1.89. The Balaban J connectivity index is 0.000000457. The van der Waals surface area contributed by atoms with Gasteiger partial charge < -0.3 is 0 Å². The van der Waals surface area contributed by atoms with Crippen molar-refractivity contribution in [3.05, 3.63) is 54.7 Å². The number of aromatic nitrogens is 1. The SMILES string of the molecule is CC.c1ccc2cc3ncccc3cc2c1. The van der Waals surface area contributed by atoms with Crippen LogP contribution in [0.2, 0.25) is 0 Å². The third-order valence-electron chi connectivity index (χ3n) is 2.47.